The molecule has 0 bridgehead atoms. The lowest BCUT2D eigenvalue weighted by atomic mass is 10.0. The van der Waals surface area contributed by atoms with Crippen molar-refractivity contribution < 1.29 is 19.2 Å². The van der Waals surface area contributed by atoms with Crippen LogP contribution in [0, 0.1) is 0 Å². The third kappa shape index (κ3) is 5.36. The monoisotopic (exact) mass is 391 g/mol. The number of nitrogens with one attached hydrogen (secondary N) is 2. The van der Waals surface area contributed by atoms with Gasteiger partial charge in [-0.25, -0.2) is 0 Å². The van der Waals surface area contributed by atoms with E-state index in [-0.39, 0.29) is 11.9 Å². The Morgan fingerprint density at radius 1 is 0.897 bits per heavy atom. The number of carbonyl (C=O) groups is 1. The van der Waals surface area contributed by atoms with Crippen LogP contribution in [0.25, 0.3) is 0 Å². The summed E-state index contributed by atoms with van der Waals surface area (Å²) < 4.78 is 11.3. The average Bonchev–Trinajstić information content (AvgIpc) is 2.75. The number of rotatable bonds is 8. The lowest BCUT2D eigenvalue weighted by Crippen LogP contribution is -3.07. The number of benzene rings is 3. The van der Waals surface area contributed by atoms with E-state index < -0.39 is 0 Å². The Morgan fingerprint density at radius 3 is 2.17 bits per heavy atom. The Kier molecular flexibility index (Phi) is 6.87. The molecule has 150 valence electrons. The Labute approximate surface area is 171 Å². The van der Waals surface area contributed by atoms with E-state index in [0.29, 0.717) is 17.9 Å². The summed E-state index contributed by atoms with van der Waals surface area (Å²) in [5.41, 5.74) is 1.67. The molecule has 0 unspecified atom stereocenters. The van der Waals surface area contributed by atoms with Gasteiger partial charge in [0, 0.05) is 5.56 Å². The van der Waals surface area contributed by atoms with Crippen molar-refractivity contribution in [1.29, 1.82) is 0 Å². The zero-order valence-corrected chi connectivity index (χ0v) is 17.0. The largest absolute Gasteiger partial charge is 0.496 e. The summed E-state index contributed by atoms with van der Waals surface area (Å²) in [7, 11) is 5.80. The molecular weight excluding hydrogens is 364 g/mol. The van der Waals surface area contributed by atoms with E-state index in [2.05, 4.69) is 19.4 Å². The van der Waals surface area contributed by atoms with Crippen LogP contribution in [0.4, 0.5) is 0 Å². The average molecular weight is 391 g/mol. The third-order valence-corrected chi connectivity index (χ3v) is 4.77. The molecule has 0 saturated heterocycles. The van der Waals surface area contributed by atoms with Crippen molar-refractivity contribution in [2.24, 2.45) is 0 Å². The smallest absolute Gasteiger partial charge is 0.251 e. The third-order valence-electron chi connectivity index (χ3n) is 4.77. The summed E-state index contributed by atoms with van der Waals surface area (Å²) in [4.78, 5) is 13.8. The van der Waals surface area contributed by atoms with Crippen LogP contribution >= 0.6 is 0 Å². The fourth-order valence-electron chi connectivity index (χ4n) is 3.18. The van der Waals surface area contributed by atoms with E-state index in [1.807, 2.05) is 54.6 Å². The molecule has 0 radical (unpaired) electrons. The maximum atomic E-state index is 12.6. The molecule has 0 aliphatic rings. The molecule has 0 aromatic heterocycles. The van der Waals surface area contributed by atoms with Crippen LogP contribution in [0.3, 0.4) is 0 Å². The first-order chi connectivity index (χ1) is 14.1. The predicted molar refractivity (Wildman–Crippen MR) is 114 cm³/mol. The SMILES string of the molecule is COc1ccccc1[C@H](CNC(=O)c1ccc(Oc2ccccc2)cc1)[NH+](C)C. The number of hydrogen-bond acceptors (Lipinski definition) is 3. The fourth-order valence-corrected chi connectivity index (χ4v) is 3.18. The standard InChI is InChI=1S/C24H26N2O3/c1-26(2)22(21-11-7-8-12-23(21)28-3)17-25-24(27)18-13-15-20(16-14-18)29-19-9-5-4-6-10-19/h4-16,22H,17H2,1-3H3,(H,25,27)/p+1/t22-/m0/s1. The van der Waals surface area contributed by atoms with Gasteiger partial charge in [0.1, 0.15) is 23.3 Å². The van der Waals surface area contributed by atoms with E-state index in [4.69, 9.17) is 9.47 Å². The van der Waals surface area contributed by atoms with Gasteiger partial charge in [0.05, 0.1) is 33.3 Å². The molecular formula is C24H27N2O3+. The maximum absolute atomic E-state index is 12.6. The second kappa shape index (κ2) is 9.75. The van der Waals surface area contributed by atoms with Gasteiger partial charge in [-0.15, -0.1) is 0 Å². The summed E-state index contributed by atoms with van der Waals surface area (Å²) in [5, 5.41) is 3.04. The second-order valence-electron chi connectivity index (χ2n) is 7.02. The molecule has 5 nitrogen and oxygen atoms in total. The molecule has 3 aromatic carbocycles. The number of carbonyl (C=O) groups excluding carboxylic acids is 1. The van der Waals surface area contributed by atoms with Gasteiger partial charge in [0.15, 0.2) is 0 Å². The van der Waals surface area contributed by atoms with Crippen LogP contribution < -0.4 is 19.7 Å². The van der Waals surface area contributed by atoms with Gasteiger partial charge < -0.3 is 19.7 Å². The van der Waals surface area contributed by atoms with Gasteiger partial charge in [-0.2, -0.15) is 0 Å². The highest BCUT2D eigenvalue weighted by molar-refractivity contribution is 5.94. The molecule has 0 aliphatic carbocycles. The van der Waals surface area contributed by atoms with Crippen LogP contribution in [-0.4, -0.2) is 33.7 Å². The molecule has 3 rings (SSSR count). The van der Waals surface area contributed by atoms with Crippen molar-refractivity contribution in [3.05, 3.63) is 90.0 Å². The normalized spacial score (nSPS) is 11.7. The lowest BCUT2D eigenvalue weighted by molar-refractivity contribution is -0.890. The Balaban J connectivity index is 1.64. The molecule has 5 heteroatoms. The molecule has 2 N–H and O–H groups in total. The highest BCUT2D eigenvalue weighted by Crippen LogP contribution is 2.23. The van der Waals surface area contributed by atoms with Crippen molar-refractivity contribution in [1.82, 2.24) is 5.32 Å². The van der Waals surface area contributed by atoms with E-state index >= 15 is 0 Å². The molecule has 3 aromatic rings. The van der Waals surface area contributed by atoms with Gasteiger partial charge in [-0.3, -0.25) is 4.79 Å². The van der Waals surface area contributed by atoms with E-state index in [1.54, 1.807) is 31.4 Å². The maximum Gasteiger partial charge on any atom is 0.251 e. The van der Waals surface area contributed by atoms with Gasteiger partial charge in [-0.05, 0) is 48.5 Å². The summed E-state index contributed by atoms with van der Waals surface area (Å²) in [5.74, 6) is 2.17. The van der Waals surface area contributed by atoms with Crippen LogP contribution in [0.2, 0.25) is 0 Å². The number of methoxy groups -OCH3 is 1. The van der Waals surface area contributed by atoms with Crippen molar-refractivity contribution in [3.63, 3.8) is 0 Å². The van der Waals surface area contributed by atoms with Gasteiger partial charge in [0.25, 0.3) is 5.91 Å². The number of quaternary nitrogens is 1. The molecule has 29 heavy (non-hydrogen) atoms. The molecule has 0 spiro atoms. The molecule has 1 atom stereocenters. The zero-order valence-electron chi connectivity index (χ0n) is 17.0. The number of hydrogen-bond donors (Lipinski definition) is 2. The first kappa shape index (κ1) is 20.4. The van der Waals surface area contributed by atoms with Crippen LogP contribution in [-0.2, 0) is 0 Å². The van der Waals surface area contributed by atoms with Crippen LogP contribution in [0.1, 0.15) is 22.0 Å². The highest BCUT2D eigenvalue weighted by atomic mass is 16.5. The van der Waals surface area contributed by atoms with Crippen molar-refractivity contribution >= 4 is 5.91 Å². The minimum absolute atomic E-state index is 0.0794. The first-order valence-corrected chi connectivity index (χ1v) is 9.62. The second-order valence-corrected chi connectivity index (χ2v) is 7.02. The van der Waals surface area contributed by atoms with E-state index in [9.17, 15) is 4.79 Å². The van der Waals surface area contributed by atoms with Gasteiger partial charge in [0.2, 0.25) is 0 Å². The number of amides is 1. The summed E-state index contributed by atoms with van der Waals surface area (Å²) in [6, 6.07) is 24.7. The first-order valence-electron chi connectivity index (χ1n) is 9.62. The zero-order chi connectivity index (χ0) is 20.6. The Morgan fingerprint density at radius 2 is 1.52 bits per heavy atom. The molecule has 0 aliphatic heterocycles. The van der Waals surface area contributed by atoms with Crippen LogP contribution in [0.15, 0.2) is 78.9 Å². The van der Waals surface area contributed by atoms with Gasteiger partial charge in [-0.1, -0.05) is 30.3 Å². The van der Waals surface area contributed by atoms with Crippen LogP contribution in [0.5, 0.6) is 17.2 Å². The predicted octanol–water partition coefficient (Wildman–Crippen LogP) is 3.10. The fraction of sp³-hybridized carbons (Fsp3) is 0.208. The topological polar surface area (TPSA) is 52.0 Å². The molecule has 0 heterocycles. The summed E-state index contributed by atoms with van der Waals surface area (Å²) >= 11 is 0. The van der Waals surface area contributed by atoms with E-state index in [1.165, 1.54) is 4.90 Å². The number of ether oxygens (including phenoxy) is 2. The number of likely N-dealkylation sites (N-methyl/N-ethyl adjacent to an activating group) is 1. The minimum Gasteiger partial charge on any atom is -0.496 e. The number of para-hydroxylation sites is 2. The molecule has 0 saturated carbocycles. The van der Waals surface area contributed by atoms with Crippen molar-refractivity contribution in [3.8, 4) is 17.2 Å². The highest BCUT2D eigenvalue weighted by Gasteiger charge is 2.22. The van der Waals surface area contributed by atoms with Crippen molar-refractivity contribution in [2.75, 3.05) is 27.7 Å². The Bertz CT molecular complexity index is 924. The Hall–Kier alpha value is -3.31. The molecule has 1 amide bonds. The van der Waals surface area contributed by atoms with Gasteiger partial charge >= 0.3 is 0 Å². The summed E-state index contributed by atoms with van der Waals surface area (Å²) in [6.45, 7) is 0.504. The van der Waals surface area contributed by atoms with E-state index in [0.717, 1.165) is 17.1 Å². The quantitative estimate of drug-likeness (QED) is 0.620. The molecule has 0 fully saturated rings. The van der Waals surface area contributed by atoms with Crippen molar-refractivity contribution in [2.45, 2.75) is 6.04 Å². The summed E-state index contributed by atoms with van der Waals surface area (Å²) in [6.07, 6.45) is 0. The minimum atomic E-state index is -0.114. The lowest BCUT2D eigenvalue weighted by Gasteiger charge is -2.23.